The molecule has 13 heteroatoms. The first-order valence-corrected chi connectivity index (χ1v) is 9.84. The van der Waals surface area contributed by atoms with Crippen molar-refractivity contribution in [2.24, 2.45) is 4.99 Å². The third-order valence-corrected chi connectivity index (χ3v) is 5.13. The van der Waals surface area contributed by atoms with E-state index in [-0.39, 0.29) is 32.4 Å². The Morgan fingerprint density at radius 2 is 1.73 bits per heavy atom. The zero-order valence-electron chi connectivity index (χ0n) is 16.6. The first kappa shape index (κ1) is 25.2. The van der Waals surface area contributed by atoms with E-state index in [4.69, 9.17) is 28.0 Å². The van der Waals surface area contributed by atoms with Crippen LogP contribution in [0.3, 0.4) is 0 Å². The van der Waals surface area contributed by atoms with Crippen LogP contribution in [0.15, 0.2) is 47.5 Å². The summed E-state index contributed by atoms with van der Waals surface area (Å²) in [6, 6.07) is 7.46. The molecule has 1 unspecified atom stereocenters. The van der Waals surface area contributed by atoms with Gasteiger partial charge in [-0.25, -0.2) is 0 Å². The Kier molecular flexibility index (Phi) is 6.90. The van der Waals surface area contributed by atoms with E-state index in [0.717, 1.165) is 18.2 Å². The lowest BCUT2D eigenvalue weighted by Gasteiger charge is -2.28. The van der Waals surface area contributed by atoms with E-state index >= 15 is 0 Å². The van der Waals surface area contributed by atoms with Gasteiger partial charge in [-0.05, 0) is 48.4 Å². The van der Waals surface area contributed by atoms with Crippen LogP contribution in [0.4, 0.5) is 26.3 Å². The summed E-state index contributed by atoms with van der Waals surface area (Å²) in [5.74, 6) is -0.445. The molecule has 1 atom stereocenters. The van der Waals surface area contributed by atoms with Gasteiger partial charge >= 0.3 is 12.4 Å². The average Bonchev–Trinajstić information content (AvgIpc) is 3.15. The van der Waals surface area contributed by atoms with Crippen molar-refractivity contribution >= 4 is 34.7 Å². The number of hydrogen-bond acceptors (Lipinski definition) is 4. The zero-order valence-corrected chi connectivity index (χ0v) is 18.1. The first-order chi connectivity index (χ1) is 15.3. The zero-order chi connectivity index (χ0) is 24.6. The highest BCUT2D eigenvalue weighted by atomic mass is 35.5. The average molecular weight is 514 g/mol. The second-order valence-corrected chi connectivity index (χ2v) is 7.95. The summed E-state index contributed by atoms with van der Waals surface area (Å²) in [4.78, 5) is 8.28. The number of nitrogens with one attached hydrogen (secondary N) is 2. The van der Waals surface area contributed by atoms with Gasteiger partial charge in [-0.3, -0.25) is 26.0 Å². The van der Waals surface area contributed by atoms with Gasteiger partial charge in [0, 0.05) is 21.2 Å². The van der Waals surface area contributed by atoms with Crippen molar-refractivity contribution in [2.45, 2.75) is 24.9 Å². The third kappa shape index (κ3) is 5.37. The second-order valence-electron chi connectivity index (χ2n) is 7.08. The number of hydrogen-bond donors (Lipinski definition) is 3. The lowest BCUT2D eigenvalue weighted by Crippen LogP contribution is -2.42. The van der Waals surface area contributed by atoms with Crippen LogP contribution in [-0.2, 0) is 10.4 Å². The summed E-state index contributed by atoms with van der Waals surface area (Å²) in [6.07, 6.45) is -8.68. The van der Waals surface area contributed by atoms with E-state index < -0.39 is 30.3 Å². The van der Waals surface area contributed by atoms with Gasteiger partial charge in [0.15, 0.2) is 5.84 Å². The van der Waals surface area contributed by atoms with Crippen molar-refractivity contribution in [3.8, 4) is 0 Å². The summed E-state index contributed by atoms with van der Waals surface area (Å²) in [6.45, 7) is -0.0443. The number of aliphatic imine (C=N–C) groups is 1. The SMILES string of the molecule is Cc1cc(C2=CC(c3cc(Cl)cc(Cl)c3)(C(F)(F)F)ON2)ccc1C(=NCC(F)(F)F)NO. The quantitative estimate of drug-likeness (QED) is 0.205. The van der Waals surface area contributed by atoms with Crippen molar-refractivity contribution in [1.82, 2.24) is 11.0 Å². The van der Waals surface area contributed by atoms with Gasteiger partial charge in [0.2, 0.25) is 5.60 Å². The van der Waals surface area contributed by atoms with Crippen LogP contribution in [0.1, 0.15) is 22.3 Å². The molecular weight excluding hydrogens is 499 g/mol. The van der Waals surface area contributed by atoms with Gasteiger partial charge < -0.3 is 0 Å². The minimum Gasteiger partial charge on any atom is -0.290 e. The molecule has 3 N–H and O–H groups in total. The molecule has 0 aliphatic carbocycles. The maximum Gasteiger partial charge on any atom is 0.428 e. The number of benzene rings is 2. The molecule has 1 aliphatic rings. The molecule has 33 heavy (non-hydrogen) atoms. The number of alkyl halides is 6. The number of amidine groups is 1. The van der Waals surface area contributed by atoms with Crippen LogP contribution in [0.5, 0.6) is 0 Å². The van der Waals surface area contributed by atoms with Gasteiger partial charge in [0.25, 0.3) is 0 Å². The molecule has 5 nitrogen and oxygen atoms in total. The molecule has 2 aromatic carbocycles. The molecule has 0 bridgehead atoms. The Bertz CT molecular complexity index is 1100. The molecule has 1 heterocycles. The largest absolute Gasteiger partial charge is 0.428 e. The minimum atomic E-state index is -4.90. The van der Waals surface area contributed by atoms with Gasteiger partial charge in [-0.1, -0.05) is 35.3 Å². The van der Waals surface area contributed by atoms with E-state index in [0.29, 0.717) is 5.56 Å². The molecule has 0 amide bonds. The van der Waals surface area contributed by atoms with E-state index in [1.54, 1.807) is 5.48 Å². The maximum absolute atomic E-state index is 14.1. The third-order valence-electron chi connectivity index (χ3n) is 4.70. The molecule has 0 spiro atoms. The second kappa shape index (κ2) is 9.05. The predicted octanol–water partition coefficient (Wildman–Crippen LogP) is 5.92. The van der Waals surface area contributed by atoms with Crippen LogP contribution in [0, 0.1) is 6.92 Å². The van der Waals surface area contributed by atoms with Crippen LogP contribution < -0.4 is 11.0 Å². The standard InChI is InChI=1S/C20H15Cl2F6N3O2/c1-10-4-11(2-3-15(10)17(30-32)29-9-19(23,24)25)16-8-18(33-31-16,20(26,27)28)12-5-13(21)7-14(22)6-12/h2-8,31-32H,9H2,1H3,(H,29,30). The topological polar surface area (TPSA) is 65.9 Å². The number of nitrogens with zero attached hydrogens (tertiary/aromatic N) is 1. The van der Waals surface area contributed by atoms with E-state index in [2.05, 4.69) is 10.5 Å². The molecule has 0 radical (unpaired) electrons. The first-order valence-electron chi connectivity index (χ1n) is 9.08. The summed E-state index contributed by atoms with van der Waals surface area (Å²) < 4.78 is 79.6. The number of hydroxylamine groups is 2. The van der Waals surface area contributed by atoms with Crippen LogP contribution in [-0.4, -0.2) is 29.9 Å². The predicted molar refractivity (Wildman–Crippen MR) is 110 cm³/mol. The van der Waals surface area contributed by atoms with Gasteiger partial charge in [-0.2, -0.15) is 26.3 Å². The number of aryl methyl sites for hydroxylation is 1. The Balaban J connectivity index is 2.02. The fourth-order valence-corrected chi connectivity index (χ4v) is 3.73. The van der Waals surface area contributed by atoms with Crippen molar-refractivity contribution in [2.75, 3.05) is 6.54 Å². The number of rotatable bonds is 4. The molecule has 2 aromatic rings. The fourth-order valence-electron chi connectivity index (χ4n) is 3.20. The van der Waals surface area contributed by atoms with Crippen molar-refractivity contribution in [1.29, 1.82) is 0 Å². The van der Waals surface area contributed by atoms with E-state index in [1.807, 2.05) is 0 Å². The smallest absolute Gasteiger partial charge is 0.290 e. The highest BCUT2D eigenvalue weighted by Gasteiger charge is 2.59. The maximum atomic E-state index is 14.1. The highest BCUT2D eigenvalue weighted by Crippen LogP contribution is 2.48. The highest BCUT2D eigenvalue weighted by molar-refractivity contribution is 6.34. The molecule has 3 rings (SSSR count). The Morgan fingerprint density at radius 1 is 1.09 bits per heavy atom. The lowest BCUT2D eigenvalue weighted by atomic mass is 9.91. The van der Waals surface area contributed by atoms with E-state index in [9.17, 15) is 31.5 Å². The summed E-state index contributed by atoms with van der Waals surface area (Å²) in [5, 5.41) is 9.13. The number of halogens is 8. The monoisotopic (exact) mass is 513 g/mol. The van der Waals surface area contributed by atoms with Gasteiger partial charge in [0.05, 0.1) is 5.70 Å². The Morgan fingerprint density at radius 3 is 2.24 bits per heavy atom. The van der Waals surface area contributed by atoms with Gasteiger partial charge in [-0.15, -0.1) is 0 Å². The summed E-state index contributed by atoms with van der Waals surface area (Å²) >= 11 is 11.7. The molecule has 178 valence electrons. The van der Waals surface area contributed by atoms with Gasteiger partial charge in [0.1, 0.15) is 6.54 Å². The summed E-state index contributed by atoms with van der Waals surface area (Å²) in [7, 11) is 0. The van der Waals surface area contributed by atoms with Crippen molar-refractivity contribution in [3.05, 3.63) is 74.8 Å². The van der Waals surface area contributed by atoms with Crippen molar-refractivity contribution in [3.63, 3.8) is 0 Å². The summed E-state index contributed by atoms with van der Waals surface area (Å²) in [5.41, 5.74) is 1.25. The van der Waals surface area contributed by atoms with Crippen LogP contribution in [0.25, 0.3) is 5.70 Å². The van der Waals surface area contributed by atoms with Crippen LogP contribution >= 0.6 is 23.2 Å². The molecule has 1 aliphatic heterocycles. The molecule has 0 saturated carbocycles. The Labute approximate surface area is 193 Å². The van der Waals surface area contributed by atoms with E-state index in [1.165, 1.54) is 31.2 Å². The minimum absolute atomic E-state index is 0.0195. The molecular formula is C20H15Cl2F6N3O2. The van der Waals surface area contributed by atoms with Crippen LogP contribution in [0.2, 0.25) is 10.0 Å². The molecule has 0 fully saturated rings. The van der Waals surface area contributed by atoms with Crippen molar-refractivity contribution < 1.29 is 36.4 Å². The Hall–Kier alpha value is -2.47. The molecule has 0 saturated heterocycles. The molecule has 0 aromatic heterocycles. The lowest BCUT2D eigenvalue weighted by molar-refractivity contribution is -0.269. The normalized spacial score (nSPS) is 19.3. The fraction of sp³-hybridized carbons (Fsp3) is 0.250.